The van der Waals surface area contributed by atoms with Gasteiger partial charge in [-0.1, -0.05) is 0 Å². The predicted molar refractivity (Wildman–Crippen MR) is 59.0 cm³/mol. The minimum absolute atomic E-state index is 0.209. The first kappa shape index (κ1) is 10.5. The number of aryl methyl sites for hydroxylation is 2. The number of fused-ring (bicyclic) bond motifs is 1. The van der Waals surface area contributed by atoms with E-state index >= 15 is 0 Å². The lowest BCUT2D eigenvalue weighted by molar-refractivity contribution is 0.0696. The van der Waals surface area contributed by atoms with E-state index in [2.05, 4.69) is 5.10 Å². The van der Waals surface area contributed by atoms with Gasteiger partial charge in [-0.3, -0.25) is 4.68 Å². The molecule has 5 nitrogen and oxygen atoms in total. The maximum atomic E-state index is 10.9. The molecule has 0 aliphatic rings. The topological polar surface area (TPSA) is 64.3 Å². The molecule has 0 fully saturated rings. The van der Waals surface area contributed by atoms with Gasteiger partial charge in [0.05, 0.1) is 12.7 Å². The molecule has 0 amide bonds. The third kappa shape index (κ3) is 1.41. The molecule has 1 aromatic carbocycles. The number of methoxy groups -OCH3 is 1. The number of rotatable bonds is 2. The SMILES string of the molecule is COc1cc(C(=O)O)cc2c(C)n(C)nc12. The highest BCUT2D eigenvalue weighted by Gasteiger charge is 2.14. The van der Waals surface area contributed by atoms with Crippen LogP contribution in [-0.4, -0.2) is 28.0 Å². The van der Waals surface area contributed by atoms with Crippen LogP contribution in [0.2, 0.25) is 0 Å². The van der Waals surface area contributed by atoms with Crippen molar-refractivity contribution in [1.82, 2.24) is 9.78 Å². The number of hydrogen-bond acceptors (Lipinski definition) is 3. The van der Waals surface area contributed by atoms with Gasteiger partial charge in [-0.2, -0.15) is 5.10 Å². The van der Waals surface area contributed by atoms with Crippen molar-refractivity contribution in [3.8, 4) is 5.75 Å². The zero-order valence-corrected chi connectivity index (χ0v) is 9.31. The number of carboxylic acid groups (broad SMARTS) is 1. The van der Waals surface area contributed by atoms with E-state index < -0.39 is 5.97 Å². The molecule has 0 saturated heterocycles. The summed E-state index contributed by atoms with van der Waals surface area (Å²) >= 11 is 0. The smallest absolute Gasteiger partial charge is 0.335 e. The lowest BCUT2D eigenvalue weighted by Crippen LogP contribution is -1.97. The number of ether oxygens (including phenoxy) is 1. The van der Waals surface area contributed by atoms with Crippen LogP contribution < -0.4 is 4.74 Å². The van der Waals surface area contributed by atoms with E-state index in [0.717, 1.165) is 11.1 Å². The fourth-order valence-corrected chi connectivity index (χ4v) is 1.67. The van der Waals surface area contributed by atoms with Crippen LogP contribution >= 0.6 is 0 Å². The molecule has 16 heavy (non-hydrogen) atoms. The van der Waals surface area contributed by atoms with Crippen molar-refractivity contribution in [1.29, 1.82) is 0 Å². The number of aromatic carboxylic acids is 1. The van der Waals surface area contributed by atoms with Gasteiger partial charge in [-0.15, -0.1) is 0 Å². The highest BCUT2D eigenvalue weighted by Crippen LogP contribution is 2.28. The van der Waals surface area contributed by atoms with E-state index in [9.17, 15) is 4.79 Å². The molecule has 1 N–H and O–H groups in total. The van der Waals surface area contributed by atoms with Crippen LogP contribution in [0.5, 0.6) is 5.75 Å². The van der Waals surface area contributed by atoms with E-state index in [0.29, 0.717) is 11.3 Å². The van der Waals surface area contributed by atoms with Gasteiger partial charge in [0.1, 0.15) is 11.3 Å². The molecule has 0 radical (unpaired) electrons. The summed E-state index contributed by atoms with van der Waals surface area (Å²) in [5, 5.41) is 14.1. The molecule has 0 aliphatic carbocycles. The first-order valence-electron chi connectivity index (χ1n) is 4.79. The summed E-state index contributed by atoms with van der Waals surface area (Å²) in [5.41, 5.74) is 1.81. The summed E-state index contributed by atoms with van der Waals surface area (Å²) in [4.78, 5) is 10.9. The molecule has 0 bridgehead atoms. The molecule has 1 aromatic heterocycles. The Hall–Kier alpha value is -2.04. The van der Waals surface area contributed by atoms with Gasteiger partial charge in [0, 0.05) is 18.1 Å². The Kier molecular flexibility index (Phi) is 2.30. The van der Waals surface area contributed by atoms with Crippen molar-refractivity contribution in [2.24, 2.45) is 7.05 Å². The number of nitrogens with zero attached hydrogens (tertiary/aromatic N) is 2. The monoisotopic (exact) mass is 220 g/mol. The van der Waals surface area contributed by atoms with Gasteiger partial charge < -0.3 is 9.84 Å². The van der Waals surface area contributed by atoms with Crippen LogP contribution in [-0.2, 0) is 7.05 Å². The molecule has 2 rings (SSSR count). The number of aromatic nitrogens is 2. The second kappa shape index (κ2) is 3.52. The standard InChI is InChI=1S/C11H12N2O3/c1-6-8-4-7(11(14)15)5-9(16-3)10(8)12-13(6)2/h4-5H,1-3H3,(H,14,15). The highest BCUT2D eigenvalue weighted by molar-refractivity contribution is 5.97. The summed E-state index contributed by atoms with van der Waals surface area (Å²) in [6, 6.07) is 3.10. The van der Waals surface area contributed by atoms with Crippen molar-refractivity contribution < 1.29 is 14.6 Å². The van der Waals surface area contributed by atoms with Crippen LogP contribution in [0.3, 0.4) is 0 Å². The average Bonchev–Trinajstić information content (AvgIpc) is 2.54. The van der Waals surface area contributed by atoms with Crippen LogP contribution in [0, 0.1) is 6.92 Å². The molecule has 0 atom stereocenters. The maximum Gasteiger partial charge on any atom is 0.335 e. The molecule has 1 heterocycles. The summed E-state index contributed by atoms with van der Waals surface area (Å²) in [5.74, 6) is -0.484. The van der Waals surface area contributed by atoms with Crippen molar-refractivity contribution in [2.75, 3.05) is 7.11 Å². The molecular weight excluding hydrogens is 208 g/mol. The van der Waals surface area contributed by atoms with Crippen molar-refractivity contribution in [3.63, 3.8) is 0 Å². The summed E-state index contributed by atoms with van der Waals surface area (Å²) in [6.45, 7) is 1.89. The van der Waals surface area contributed by atoms with E-state index in [4.69, 9.17) is 9.84 Å². The van der Waals surface area contributed by atoms with Gasteiger partial charge in [-0.05, 0) is 19.1 Å². The molecule has 84 valence electrons. The van der Waals surface area contributed by atoms with E-state index in [1.54, 1.807) is 10.7 Å². The fraction of sp³-hybridized carbons (Fsp3) is 0.273. The number of carboxylic acids is 1. The Morgan fingerprint density at radius 1 is 1.50 bits per heavy atom. The molecule has 0 saturated carbocycles. The fourth-order valence-electron chi connectivity index (χ4n) is 1.67. The molecule has 0 spiro atoms. The Labute approximate surface area is 92.2 Å². The van der Waals surface area contributed by atoms with Gasteiger partial charge in [0.25, 0.3) is 0 Å². The zero-order valence-electron chi connectivity index (χ0n) is 9.31. The maximum absolute atomic E-state index is 10.9. The Bertz CT molecular complexity index is 572. The van der Waals surface area contributed by atoms with E-state index in [1.807, 2.05) is 14.0 Å². The van der Waals surface area contributed by atoms with Gasteiger partial charge >= 0.3 is 5.97 Å². The van der Waals surface area contributed by atoms with Gasteiger partial charge in [0.2, 0.25) is 0 Å². The van der Waals surface area contributed by atoms with Crippen molar-refractivity contribution in [3.05, 3.63) is 23.4 Å². The van der Waals surface area contributed by atoms with Crippen LogP contribution in [0.15, 0.2) is 12.1 Å². The zero-order chi connectivity index (χ0) is 11.9. The Morgan fingerprint density at radius 2 is 2.19 bits per heavy atom. The Morgan fingerprint density at radius 3 is 2.75 bits per heavy atom. The third-order valence-corrected chi connectivity index (χ3v) is 2.67. The summed E-state index contributed by atoms with van der Waals surface area (Å²) in [6.07, 6.45) is 0. The van der Waals surface area contributed by atoms with Crippen molar-refractivity contribution >= 4 is 16.9 Å². The lowest BCUT2D eigenvalue weighted by atomic mass is 10.1. The molecule has 0 aliphatic heterocycles. The van der Waals surface area contributed by atoms with Crippen molar-refractivity contribution in [2.45, 2.75) is 6.92 Å². The third-order valence-electron chi connectivity index (χ3n) is 2.67. The van der Waals surface area contributed by atoms with Crippen LogP contribution in [0.25, 0.3) is 10.9 Å². The summed E-state index contributed by atoms with van der Waals surface area (Å²) < 4.78 is 6.85. The minimum Gasteiger partial charge on any atom is -0.494 e. The average molecular weight is 220 g/mol. The van der Waals surface area contributed by atoms with Gasteiger partial charge in [0.15, 0.2) is 0 Å². The lowest BCUT2D eigenvalue weighted by Gasteiger charge is -2.02. The number of hydrogen-bond donors (Lipinski definition) is 1. The Balaban J connectivity index is 2.84. The largest absolute Gasteiger partial charge is 0.494 e. The quantitative estimate of drug-likeness (QED) is 0.834. The van der Waals surface area contributed by atoms with E-state index in [1.165, 1.54) is 13.2 Å². The van der Waals surface area contributed by atoms with E-state index in [-0.39, 0.29) is 5.56 Å². The van der Waals surface area contributed by atoms with Crippen LogP contribution in [0.4, 0.5) is 0 Å². The normalized spacial score (nSPS) is 10.7. The first-order chi connectivity index (χ1) is 7.54. The molecular formula is C11H12N2O3. The number of benzene rings is 1. The van der Waals surface area contributed by atoms with Crippen LogP contribution in [0.1, 0.15) is 16.1 Å². The molecule has 0 unspecified atom stereocenters. The van der Waals surface area contributed by atoms with Gasteiger partial charge in [-0.25, -0.2) is 4.79 Å². The predicted octanol–water partition coefficient (Wildman–Crippen LogP) is 1.59. The second-order valence-electron chi connectivity index (χ2n) is 3.59. The first-order valence-corrected chi connectivity index (χ1v) is 4.79. The molecule has 5 heteroatoms. The number of carbonyl (C=O) groups is 1. The second-order valence-corrected chi connectivity index (χ2v) is 3.59. The minimum atomic E-state index is -0.969. The summed E-state index contributed by atoms with van der Waals surface area (Å²) in [7, 11) is 3.32. The molecule has 2 aromatic rings. The highest BCUT2D eigenvalue weighted by atomic mass is 16.5.